The number of carbonyl (C=O) groups is 2. The molecule has 1 heterocycles. The van der Waals surface area contributed by atoms with Crippen molar-refractivity contribution in [2.24, 2.45) is 5.92 Å². The van der Waals surface area contributed by atoms with Gasteiger partial charge in [-0.25, -0.2) is 0 Å². The highest BCUT2D eigenvalue weighted by molar-refractivity contribution is 5.87. The molecule has 2 rings (SSSR count). The lowest BCUT2D eigenvalue weighted by molar-refractivity contribution is -0.384. The number of hydrogen-bond donors (Lipinski definition) is 1. The number of hydrogen-bond acceptors (Lipinski definition) is 5. The minimum atomic E-state index is -4.68. The highest BCUT2D eigenvalue weighted by atomic mass is 19.4. The summed E-state index contributed by atoms with van der Waals surface area (Å²) in [5, 5.41) is 13.9. The Balaban J connectivity index is 2.15. The number of nitrogens with one attached hydrogen (secondary N) is 1. The Morgan fingerprint density at radius 1 is 1.17 bits per heavy atom. The SMILES string of the molecule is CC(=O)N[C@@H](C(=O)N1CCN(c2ccc(C(F)(F)F)cc2[N+](=O)[O-])CC1)C(C)C. The molecule has 29 heavy (non-hydrogen) atoms. The van der Waals surface area contributed by atoms with E-state index in [0.717, 1.165) is 12.1 Å². The van der Waals surface area contributed by atoms with Gasteiger partial charge in [0.2, 0.25) is 11.8 Å². The molecule has 0 aliphatic carbocycles. The first-order valence-electron chi connectivity index (χ1n) is 9.08. The molecule has 0 spiro atoms. The largest absolute Gasteiger partial charge is 0.416 e. The molecule has 2 amide bonds. The average molecular weight is 416 g/mol. The normalized spacial score (nSPS) is 16.0. The summed E-state index contributed by atoms with van der Waals surface area (Å²) in [6, 6.07) is 1.75. The molecule has 160 valence electrons. The van der Waals surface area contributed by atoms with Gasteiger partial charge in [-0.2, -0.15) is 13.2 Å². The van der Waals surface area contributed by atoms with Gasteiger partial charge in [0.1, 0.15) is 11.7 Å². The number of rotatable bonds is 5. The zero-order chi connectivity index (χ0) is 21.9. The molecule has 1 aliphatic heterocycles. The number of amides is 2. The maximum absolute atomic E-state index is 12.9. The summed E-state index contributed by atoms with van der Waals surface area (Å²) in [4.78, 5) is 37.6. The van der Waals surface area contributed by atoms with Crippen molar-refractivity contribution < 1.29 is 27.7 Å². The Kier molecular flexibility index (Phi) is 6.70. The van der Waals surface area contributed by atoms with E-state index in [2.05, 4.69) is 5.32 Å². The number of piperazine rings is 1. The first kappa shape index (κ1) is 22.4. The summed E-state index contributed by atoms with van der Waals surface area (Å²) < 4.78 is 38.6. The van der Waals surface area contributed by atoms with E-state index in [0.29, 0.717) is 6.07 Å². The average Bonchev–Trinajstić information content (AvgIpc) is 2.64. The summed E-state index contributed by atoms with van der Waals surface area (Å²) in [6.45, 7) is 5.86. The van der Waals surface area contributed by atoms with Gasteiger partial charge in [-0.3, -0.25) is 19.7 Å². The van der Waals surface area contributed by atoms with Crippen molar-refractivity contribution in [3.63, 3.8) is 0 Å². The lowest BCUT2D eigenvalue weighted by atomic mass is 10.0. The molecule has 11 heteroatoms. The fourth-order valence-corrected chi connectivity index (χ4v) is 3.21. The number of benzene rings is 1. The Bertz CT molecular complexity index is 790. The van der Waals surface area contributed by atoms with Gasteiger partial charge in [-0.15, -0.1) is 0 Å². The molecule has 0 radical (unpaired) electrons. The lowest BCUT2D eigenvalue weighted by Crippen LogP contribution is -2.56. The highest BCUT2D eigenvalue weighted by Gasteiger charge is 2.35. The number of nitro groups is 1. The van der Waals surface area contributed by atoms with Gasteiger partial charge in [0.05, 0.1) is 10.5 Å². The van der Waals surface area contributed by atoms with E-state index in [1.54, 1.807) is 23.6 Å². The van der Waals surface area contributed by atoms with E-state index in [9.17, 15) is 32.9 Å². The van der Waals surface area contributed by atoms with Crippen LogP contribution in [0, 0.1) is 16.0 Å². The van der Waals surface area contributed by atoms with Crippen LogP contribution < -0.4 is 10.2 Å². The fourth-order valence-electron chi connectivity index (χ4n) is 3.21. The van der Waals surface area contributed by atoms with Crippen LogP contribution in [0.25, 0.3) is 0 Å². The standard InChI is InChI=1S/C18H23F3N4O4/c1-11(2)16(22-12(3)26)17(27)24-8-6-23(7-9-24)14-5-4-13(18(19,20)21)10-15(14)25(28)29/h4-5,10-11,16H,6-9H2,1-3H3,(H,22,26)/t16-/m1/s1. The predicted octanol–water partition coefficient (Wildman–Crippen LogP) is 2.42. The Morgan fingerprint density at radius 3 is 2.21 bits per heavy atom. The van der Waals surface area contributed by atoms with Gasteiger partial charge in [0.15, 0.2) is 0 Å². The summed E-state index contributed by atoms with van der Waals surface area (Å²) in [6.07, 6.45) is -4.68. The Morgan fingerprint density at radius 2 is 1.76 bits per heavy atom. The number of nitrogens with zero attached hydrogens (tertiary/aromatic N) is 3. The Labute approximate surface area is 165 Å². The Hall–Kier alpha value is -2.85. The third-order valence-corrected chi connectivity index (χ3v) is 4.72. The molecule has 1 saturated heterocycles. The van der Waals surface area contributed by atoms with Crippen molar-refractivity contribution in [1.29, 1.82) is 0 Å². The van der Waals surface area contributed by atoms with E-state index in [1.165, 1.54) is 6.92 Å². The molecule has 0 unspecified atom stereocenters. The second-order valence-electron chi connectivity index (χ2n) is 7.19. The van der Waals surface area contributed by atoms with Crippen molar-refractivity contribution in [3.8, 4) is 0 Å². The van der Waals surface area contributed by atoms with Gasteiger partial charge >= 0.3 is 6.18 Å². The predicted molar refractivity (Wildman–Crippen MR) is 99.3 cm³/mol. The van der Waals surface area contributed by atoms with Crippen molar-refractivity contribution >= 4 is 23.2 Å². The topological polar surface area (TPSA) is 95.8 Å². The van der Waals surface area contributed by atoms with Crippen LogP contribution in [0.3, 0.4) is 0 Å². The smallest absolute Gasteiger partial charge is 0.362 e. The minimum absolute atomic E-state index is 0.0809. The molecule has 1 N–H and O–H groups in total. The first-order valence-corrected chi connectivity index (χ1v) is 9.08. The molecule has 1 aromatic rings. The summed E-state index contributed by atoms with van der Waals surface area (Å²) in [7, 11) is 0. The van der Waals surface area contributed by atoms with Gasteiger partial charge in [0, 0.05) is 39.2 Å². The number of anilines is 1. The minimum Gasteiger partial charge on any atom is -0.362 e. The van der Waals surface area contributed by atoms with E-state index >= 15 is 0 Å². The molecule has 0 aromatic heterocycles. The quantitative estimate of drug-likeness (QED) is 0.588. The van der Waals surface area contributed by atoms with Crippen LogP contribution in [0.2, 0.25) is 0 Å². The number of nitro benzene ring substituents is 1. The molecular formula is C18H23F3N4O4. The highest BCUT2D eigenvalue weighted by Crippen LogP contribution is 2.36. The van der Waals surface area contributed by atoms with Crippen LogP contribution in [-0.2, 0) is 15.8 Å². The second kappa shape index (κ2) is 8.66. The van der Waals surface area contributed by atoms with E-state index in [4.69, 9.17) is 0 Å². The molecule has 1 aromatic carbocycles. The van der Waals surface area contributed by atoms with Crippen LogP contribution in [0.15, 0.2) is 18.2 Å². The third kappa shape index (κ3) is 5.36. The third-order valence-electron chi connectivity index (χ3n) is 4.72. The van der Waals surface area contributed by atoms with Crippen LogP contribution in [0.1, 0.15) is 26.3 Å². The van der Waals surface area contributed by atoms with Crippen molar-refractivity contribution in [1.82, 2.24) is 10.2 Å². The number of alkyl halides is 3. The fraction of sp³-hybridized carbons (Fsp3) is 0.556. The zero-order valence-electron chi connectivity index (χ0n) is 16.3. The second-order valence-corrected chi connectivity index (χ2v) is 7.19. The molecule has 0 bridgehead atoms. The molecule has 1 atom stereocenters. The van der Waals surface area contributed by atoms with Gasteiger partial charge in [-0.05, 0) is 18.1 Å². The number of carbonyl (C=O) groups excluding carboxylic acids is 2. The molecule has 1 fully saturated rings. The molecule has 1 aliphatic rings. The maximum atomic E-state index is 12.9. The van der Waals surface area contributed by atoms with Crippen molar-refractivity contribution in [2.45, 2.75) is 33.0 Å². The maximum Gasteiger partial charge on any atom is 0.416 e. The van der Waals surface area contributed by atoms with Gasteiger partial charge < -0.3 is 15.1 Å². The van der Waals surface area contributed by atoms with Crippen LogP contribution >= 0.6 is 0 Å². The lowest BCUT2D eigenvalue weighted by Gasteiger charge is -2.38. The summed E-state index contributed by atoms with van der Waals surface area (Å²) in [5.41, 5.74) is -1.63. The van der Waals surface area contributed by atoms with Crippen LogP contribution in [0.5, 0.6) is 0 Å². The first-order chi connectivity index (χ1) is 13.4. The molecule has 0 saturated carbocycles. The van der Waals surface area contributed by atoms with E-state index in [-0.39, 0.29) is 49.6 Å². The van der Waals surface area contributed by atoms with Gasteiger partial charge in [-0.1, -0.05) is 13.8 Å². The molecular weight excluding hydrogens is 393 g/mol. The van der Waals surface area contributed by atoms with E-state index < -0.39 is 28.4 Å². The monoisotopic (exact) mass is 416 g/mol. The van der Waals surface area contributed by atoms with Crippen LogP contribution in [0.4, 0.5) is 24.5 Å². The number of halogens is 3. The van der Waals surface area contributed by atoms with Gasteiger partial charge in [0.25, 0.3) is 5.69 Å². The van der Waals surface area contributed by atoms with Crippen molar-refractivity contribution in [2.75, 3.05) is 31.1 Å². The zero-order valence-corrected chi connectivity index (χ0v) is 16.3. The summed E-state index contributed by atoms with van der Waals surface area (Å²) >= 11 is 0. The van der Waals surface area contributed by atoms with Crippen molar-refractivity contribution in [3.05, 3.63) is 33.9 Å². The summed E-state index contributed by atoms with van der Waals surface area (Å²) in [5.74, 6) is -0.701. The van der Waals surface area contributed by atoms with E-state index in [1.807, 2.05) is 0 Å². The van der Waals surface area contributed by atoms with Crippen LogP contribution in [-0.4, -0.2) is 53.9 Å². The molecule has 8 nitrogen and oxygen atoms in total.